The van der Waals surface area contributed by atoms with E-state index in [1.165, 1.54) is 0 Å². The molecule has 4 aromatic carbocycles. The molecule has 0 aromatic heterocycles. The maximum absolute atomic E-state index is 10.7. The molecule has 0 saturated heterocycles. The molecule has 1 nitrogen and oxygen atoms in total. The average molecular weight is 557 g/mol. The lowest BCUT2D eigenvalue weighted by Crippen LogP contribution is -1.94. The molecular formula is C42H36O. The van der Waals surface area contributed by atoms with Crippen LogP contribution in [0.1, 0.15) is 92.2 Å². The van der Waals surface area contributed by atoms with E-state index in [2.05, 4.69) is 131 Å². The van der Waals surface area contributed by atoms with Gasteiger partial charge in [-0.25, -0.2) is 0 Å². The Hall–Kier alpha value is -5.04. The lowest BCUT2D eigenvalue weighted by atomic mass is 9.98. The molecule has 0 saturated carbocycles. The Labute approximate surface area is 256 Å². The zero-order valence-electron chi connectivity index (χ0n) is 25.8. The molecule has 0 spiro atoms. The SMILES string of the molecule is CC1=C=C(C)c2ccc(cc2)C(C)=C=C(C)c2ccc(cc2)C(C)=C=C(C)c2ccc(cc2)C(O)C#Cc2ccc1cc2. The average Bonchev–Trinajstić information content (AvgIpc) is 3.03. The van der Waals surface area contributed by atoms with Crippen LogP contribution in [0.2, 0.25) is 0 Å². The summed E-state index contributed by atoms with van der Waals surface area (Å²) >= 11 is 0. The molecule has 0 amide bonds. The minimum absolute atomic E-state index is 0.769. The van der Waals surface area contributed by atoms with E-state index in [1.807, 2.05) is 36.4 Å². The van der Waals surface area contributed by atoms with E-state index in [0.29, 0.717) is 0 Å². The minimum atomic E-state index is -0.865. The van der Waals surface area contributed by atoms with Crippen molar-refractivity contribution < 1.29 is 5.11 Å². The standard InChI is InChI=1S/C42H36O/c1-28-25-29(2)36-12-14-37(15-13-36)30(3)26-31(4)38-16-18-39(19-17-38)32(5)27-33(6)40-20-22-41(23-21-40)42(43)24-9-34-7-10-35(28)11-8-34/h7-8,10-23,42-43H,1-6H3. The van der Waals surface area contributed by atoms with E-state index in [9.17, 15) is 5.11 Å². The second-order valence-electron chi connectivity index (χ2n) is 11.2. The zero-order valence-corrected chi connectivity index (χ0v) is 25.8. The van der Waals surface area contributed by atoms with Crippen LogP contribution in [0.4, 0.5) is 0 Å². The number of hydrogen-bond donors (Lipinski definition) is 1. The minimum Gasteiger partial charge on any atom is -0.376 e. The highest BCUT2D eigenvalue weighted by atomic mass is 16.3. The Morgan fingerprint density at radius 1 is 0.395 bits per heavy atom. The molecule has 4 aromatic rings. The third-order valence-corrected chi connectivity index (χ3v) is 7.96. The summed E-state index contributed by atoms with van der Waals surface area (Å²) in [5.41, 5.74) is 25.5. The Morgan fingerprint density at radius 2 is 0.651 bits per heavy atom. The first-order valence-electron chi connectivity index (χ1n) is 14.6. The van der Waals surface area contributed by atoms with Gasteiger partial charge in [-0.15, -0.1) is 17.2 Å². The summed E-state index contributed by atoms with van der Waals surface area (Å²) in [7, 11) is 0. The van der Waals surface area contributed by atoms with E-state index < -0.39 is 6.10 Å². The quantitative estimate of drug-likeness (QED) is 0.169. The third kappa shape index (κ3) is 7.07. The lowest BCUT2D eigenvalue weighted by Gasteiger charge is -2.07. The number of aliphatic hydroxyl groups is 1. The van der Waals surface area contributed by atoms with Crippen molar-refractivity contribution in [3.63, 3.8) is 0 Å². The first-order chi connectivity index (χ1) is 20.7. The van der Waals surface area contributed by atoms with Crippen molar-refractivity contribution in [2.75, 3.05) is 0 Å². The van der Waals surface area contributed by atoms with Crippen LogP contribution in [0.25, 0.3) is 33.4 Å². The summed E-state index contributed by atoms with van der Waals surface area (Å²) in [6.07, 6.45) is -0.865. The highest BCUT2D eigenvalue weighted by molar-refractivity contribution is 5.78. The summed E-state index contributed by atoms with van der Waals surface area (Å²) in [4.78, 5) is 0. The number of allylic oxidation sites excluding steroid dienone is 3. The lowest BCUT2D eigenvalue weighted by molar-refractivity contribution is 0.238. The monoisotopic (exact) mass is 556 g/mol. The van der Waals surface area contributed by atoms with Crippen LogP contribution in [-0.4, -0.2) is 5.11 Å². The highest BCUT2D eigenvalue weighted by Crippen LogP contribution is 2.25. The molecule has 1 atom stereocenters. The fourth-order valence-electron chi connectivity index (χ4n) is 5.17. The first kappa shape index (κ1) is 29.5. The predicted molar refractivity (Wildman–Crippen MR) is 183 cm³/mol. The van der Waals surface area contributed by atoms with Gasteiger partial charge >= 0.3 is 0 Å². The van der Waals surface area contributed by atoms with Crippen molar-refractivity contribution in [1.82, 2.24) is 0 Å². The van der Waals surface area contributed by atoms with Crippen LogP contribution < -0.4 is 0 Å². The summed E-state index contributed by atoms with van der Waals surface area (Å²) < 4.78 is 0. The van der Waals surface area contributed by atoms with Gasteiger partial charge in [-0.1, -0.05) is 96.8 Å². The normalized spacial score (nSPS) is 15.3. The first-order valence-corrected chi connectivity index (χ1v) is 14.6. The highest BCUT2D eigenvalue weighted by Gasteiger charge is 2.06. The second-order valence-corrected chi connectivity index (χ2v) is 11.2. The van der Waals surface area contributed by atoms with E-state index in [0.717, 1.165) is 77.9 Å². The molecule has 7 aliphatic carbocycles. The van der Waals surface area contributed by atoms with Gasteiger partial charge in [-0.2, -0.15) is 0 Å². The van der Waals surface area contributed by atoms with Crippen molar-refractivity contribution in [1.29, 1.82) is 0 Å². The van der Waals surface area contributed by atoms with Crippen LogP contribution in [0, 0.1) is 11.8 Å². The molecule has 1 heteroatoms. The van der Waals surface area contributed by atoms with Crippen molar-refractivity contribution in [3.05, 3.63) is 159 Å². The largest absolute Gasteiger partial charge is 0.376 e. The van der Waals surface area contributed by atoms with E-state index in [4.69, 9.17) is 0 Å². The molecule has 11 rings (SSSR count). The number of benzene rings is 4. The Bertz CT molecular complexity index is 1930. The van der Waals surface area contributed by atoms with Crippen molar-refractivity contribution >= 4 is 33.4 Å². The Balaban J connectivity index is 1.61. The predicted octanol–water partition coefficient (Wildman–Crippen LogP) is 10.4. The molecule has 43 heavy (non-hydrogen) atoms. The molecule has 0 aliphatic heterocycles. The van der Waals surface area contributed by atoms with Gasteiger partial charge in [-0.3, -0.25) is 0 Å². The maximum atomic E-state index is 10.7. The summed E-state index contributed by atoms with van der Waals surface area (Å²) in [5, 5.41) is 10.7. The molecular weight excluding hydrogens is 520 g/mol. The Morgan fingerprint density at radius 3 is 0.953 bits per heavy atom. The molecule has 1 unspecified atom stereocenters. The van der Waals surface area contributed by atoms with Gasteiger partial charge in [0.05, 0.1) is 0 Å². The number of aliphatic hydroxyl groups excluding tert-OH is 1. The van der Waals surface area contributed by atoms with Gasteiger partial charge < -0.3 is 5.11 Å². The van der Waals surface area contributed by atoms with Crippen molar-refractivity contribution in [2.45, 2.75) is 47.6 Å². The molecule has 210 valence electrons. The third-order valence-electron chi connectivity index (χ3n) is 7.96. The number of hydrogen-bond acceptors (Lipinski definition) is 1. The van der Waals surface area contributed by atoms with Crippen molar-refractivity contribution in [3.8, 4) is 11.8 Å². The Kier molecular flexibility index (Phi) is 8.81. The van der Waals surface area contributed by atoms with Crippen molar-refractivity contribution in [2.24, 2.45) is 0 Å². The van der Waals surface area contributed by atoms with Crippen LogP contribution in [-0.2, 0) is 0 Å². The molecule has 0 fully saturated rings. The van der Waals surface area contributed by atoms with E-state index >= 15 is 0 Å². The van der Waals surface area contributed by atoms with Crippen LogP contribution in [0.3, 0.4) is 0 Å². The van der Waals surface area contributed by atoms with Crippen LogP contribution in [0.15, 0.2) is 114 Å². The van der Waals surface area contributed by atoms with Gasteiger partial charge in [-0.05, 0) is 126 Å². The van der Waals surface area contributed by atoms with Gasteiger partial charge in [0.15, 0.2) is 0 Å². The maximum Gasteiger partial charge on any atom is 0.140 e. The van der Waals surface area contributed by atoms with Crippen LogP contribution in [0.5, 0.6) is 0 Å². The van der Waals surface area contributed by atoms with Gasteiger partial charge in [0.1, 0.15) is 6.10 Å². The smallest absolute Gasteiger partial charge is 0.140 e. The fourth-order valence-corrected chi connectivity index (χ4v) is 5.17. The molecule has 0 heterocycles. The molecule has 0 radical (unpaired) electrons. The zero-order chi connectivity index (χ0) is 30.5. The fraction of sp³-hybridized carbons (Fsp3) is 0.167. The van der Waals surface area contributed by atoms with Crippen LogP contribution >= 0.6 is 0 Å². The molecule has 7 aliphatic rings. The van der Waals surface area contributed by atoms with E-state index in [1.54, 1.807) is 0 Å². The summed E-state index contributed by atoms with van der Waals surface area (Å²) in [6.45, 7) is 12.5. The van der Waals surface area contributed by atoms with E-state index in [-0.39, 0.29) is 0 Å². The number of rotatable bonds is 0. The van der Waals surface area contributed by atoms with Gasteiger partial charge in [0.25, 0.3) is 0 Å². The van der Waals surface area contributed by atoms with Gasteiger partial charge in [0, 0.05) is 5.56 Å². The summed E-state index contributed by atoms with van der Waals surface area (Å²) in [6, 6.07) is 33.2. The second kappa shape index (κ2) is 12.9. The van der Waals surface area contributed by atoms with Gasteiger partial charge in [0.2, 0.25) is 0 Å². The molecule has 1 N–H and O–H groups in total. The molecule has 8 bridgehead atoms. The topological polar surface area (TPSA) is 20.2 Å². The summed E-state index contributed by atoms with van der Waals surface area (Å²) in [5.74, 6) is 6.11.